The first-order valence-corrected chi connectivity index (χ1v) is 4.64. The lowest BCUT2D eigenvalue weighted by Gasteiger charge is -2.27. The molecule has 2 heteroatoms. The van der Waals surface area contributed by atoms with Gasteiger partial charge in [-0.25, -0.2) is 0 Å². The van der Waals surface area contributed by atoms with Crippen LogP contribution >= 0.6 is 0 Å². The summed E-state index contributed by atoms with van der Waals surface area (Å²) < 4.78 is 10.8. The molecule has 0 spiro atoms. The van der Waals surface area contributed by atoms with E-state index in [9.17, 15) is 0 Å². The lowest BCUT2D eigenvalue weighted by molar-refractivity contribution is -0.172. The molecule has 13 heavy (non-hydrogen) atoms. The third kappa shape index (κ3) is 2.08. The molecule has 0 N–H and O–H groups in total. The average Bonchev–Trinajstić information content (AvgIpc) is 2.19. The standard InChI is InChI=1S/C11H14O2/c1-9-7-11(13-8-12-9)10-5-3-2-4-6-10/h2-6,9,11H,7-8H2,1H3/t9-,11+/m0/s1. The summed E-state index contributed by atoms with van der Waals surface area (Å²) in [5.74, 6) is 0. The van der Waals surface area contributed by atoms with Gasteiger partial charge in [-0.1, -0.05) is 30.3 Å². The summed E-state index contributed by atoms with van der Waals surface area (Å²) >= 11 is 0. The van der Waals surface area contributed by atoms with Gasteiger partial charge in [0.15, 0.2) is 0 Å². The van der Waals surface area contributed by atoms with Crippen molar-refractivity contribution in [2.75, 3.05) is 6.79 Å². The summed E-state index contributed by atoms with van der Waals surface area (Å²) in [5.41, 5.74) is 1.25. The molecule has 2 atom stereocenters. The van der Waals surface area contributed by atoms with E-state index in [2.05, 4.69) is 19.1 Å². The van der Waals surface area contributed by atoms with Crippen LogP contribution in [0.2, 0.25) is 0 Å². The van der Waals surface area contributed by atoms with Crippen LogP contribution in [0.5, 0.6) is 0 Å². The Kier molecular flexibility index (Phi) is 2.62. The summed E-state index contributed by atoms with van der Waals surface area (Å²) in [4.78, 5) is 0. The SMILES string of the molecule is C[C@H]1C[C@H](c2ccccc2)OCO1. The van der Waals surface area contributed by atoms with Crippen molar-refractivity contribution in [1.29, 1.82) is 0 Å². The molecule has 2 nitrogen and oxygen atoms in total. The maximum Gasteiger partial charge on any atom is 0.147 e. The van der Waals surface area contributed by atoms with Crippen LogP contribution in [-0.2, 0) is 9.47 Å². The fourth-order valence-corrected chi connectivity index (χ4v) is 1.58. The topological polar surface area (TPSA) is 18.5 Å². The van der Waals surface area contributed by atoms with Crippen molar-refractivity contribution in [3.63, 3.8) is 0 Å². The van der Waals surface area contributed by atoms with Crippen LogP contribution < -0.4 is 0 Å². The summed E-state index contributed by atoms with van der Waals surface area (Å²) in [6, 6.07) is 10.3. The Balaban J connectivity index is 2.08. The lowest BCUT2D eigenvalue weighted by Crippen LogP contribution is -2.23. The highest BCUT2D eigenvalue weighted by Gasteiger charge is 2.20. The van der Waals surface area contributed by atoms with Crippen LogP contribution in [0.15, 0.2) is 30.3 Å². The molecule has 0 bridgehead atoms. The molecule has 0 aliphatic carbocycles. The predicted molar refractivity (Wildman–Crippen MR) is 50.3 cm³/mol. The molecule has 0 amide bonds. The van der Waals surface area contributed by atoms with Gasteiger partial charge in [-0.15, -0.1) is 0 Å². The predicted octanol–water partition coefficient (Wildman–Crippen LogP) is 2.51. The van der Waals surface area contributed by atoms with E-state index < -0.39 is 0 Å². The highest BCUT2D eigenvalue weighted by Crippen LogP contribution is 2.26. The van der Waals surface area contributed by atoms with Crippen LogP contribution in [0.3, 0.4) is 0 Å². The zero-order chi connectivity index (χ0) is 9.10. The molecule has 1 saturated heterocycles. The van der Waals surface area contributed by atoms with Gasteiger partial charge >= 0.3 is 0 Å². The van der Waals surface area contributed by atoms with Crippen LogP contribution in [-0.4, -0.2) is 12.9 Å². The molecule has 0 unspecified atom stereocenters. The largest absolute Gasteiger partial charge is 0.352 e. The first-order chi connectivity index (χ1) is 6.36. The zero-order valence-electron chi connectivity index (χ0n) is 7.77. The van der Waals surface area contributed by atoms with Gasteiger partial charge in [0, 0.05) is 6.42 Å². The summed E-state index contributed by atoms with van der Waals surface area (Å²) in [7, 11) is 0. The van der Waals surface area contributed by atoms with Crippen molar-refractivity contribution in [3.8, 4) is 0 Å². The van der Waals surface area contributed by atoms with Gasteiger partial charge in [-0.2, -0.15) is 0 Å². The second kappa shape index (κ2) is 3.90. The van der Waals surface area contributed by atoms with Crippen LogP contribution in [0.25, 0.3) is 0 Å². The number of rotatable bonds is 1. The Morgan fingerprint density at radius 1 is 1.15 bits per heavy atom. The normalized spacial score (nSPS) is 28.7. The minimum absolute atomic E-state index is 0.213. The van der Waals surface area contributed by atoms with Crippen molar-refractivity contribution in [2.45, 2.75) is 25.6 Å². The minimum atomic E-state index is 0.213. The van der Waals surface area contributed by atoms with E-state index in [-0.39, 0.29) is 6.10 Å². The molecule has 1 aliphatic rings. The van der Waals surface area contributed by atoms with E-state index in [1.54, 1.807) is 0 Å². The van der Waals surface area contributed by atoms with E-state index in [1.165, 1.54) is 5.56 Å². The number of hydrogen-bond acceptors (Lipinski definition) is 2. The number of ether oxygens (including phenoxy) is 2. The third-order valence-corrected chi connectivity index (χ3v) is 2.34. The van der Waals surface area contributed by atoms with Crippen molar-refractivity contribution in [2.24, 2.45) is 0 Å². The highest BCUT2D eigenvalue weighted by molar-refractivity contribution is 5.17. The first-order valence-electron chi connectivity index (χ1n) is 4.64. The summed E-state index contributed by atoms with van der Waals surface area (Å²) in [6.07, 6.45) is 1.47. The third-order valence-electron chi connectivity index (χ3n) is 2.34. The van der Waals surface area contributed by atoms with Gasteiger partial charge in [-0.3, -0.25) is 0 Å². The van der Waals surface area contributed by atoms with Gasteiger partial charge in [0.25, 0.3) is 0 Å². The van der Waals surface area contributed by atoms with Crippen molar-refractivity contribution in [1.82, 2.24) is 0 Å². The molecule has 0 saturated carbocycles. The first kappa shape index (κ1) is 8.73. The maximum atomic E-state index is 5.51. The quantitative estimate of drug-likeness (QED) is 0.657. The van der Waals surface area contributed by atoms with Gasteiger partial charge in [0.05, 0.1) is 12.2 Å². The fraction of sp³-hybridized carbons (Fsp3) is 0.455. The second-order valence-electron chi connectivity index (χ2n) is 3.40. The molecule has 70 valence electrons. The van der Waals surface area contributed by atoms with E-state index in [4.69, 9.17) is 9.47 Å². The Labute approximate surface area is 78.5 Å². The molecule has 0 radical (unpaired) electrons. The number of benzene rings is 1. The smallest absolute Gasteiger partial charge is 0.147 e. The lowest BCUT2D eigenvalue weighted by atomic mass is 10.0. The van der Waals surface area contributed by atoms with Crippen molar-refractivity contribution < 1.29 is 9.47 Å². The Morgan fingerprint density at radius 2 is 1.92 bits per heavy atom. The van der Waals surface area contributed by atoms with E-state index in [1.807, 2.05) is 18.2 Å². The van der Waals surface area contributed by atoms with Crippen molar-refractivity contribution in [3.05, 3.63) is 35.9 Å². The van der Waals surface area contributed by atoms with Crippen LogP contribution in [0.1, 0.15) is 25.0 Å². The monoisotopic (exact) mass is 178 g/mol. The average molecular weight is 178 g/mol. The Morgan fingerprint density at radius 3 is 2.62 bits per heavy atom. The molecular weight excluding hydrogens is 164 g/mol. The molecule has 0 aromatic heterocycles. The van der Waals surface area contributed by atoms with Gasteiger partial charge in [0.1, 0.15) is 6.79 Å². The van der Waals surface area contributed by atoms with Crippen LogP contribution in [0.4, 0.5) is 0 Å². The minimum Gasteiger partial charge on any atom is -0.352 e. The van der Waals surface area contributed by atoms with Gasteiger partial charge in [-0.05, 0) is 12.5 Å². The van der Waals surface area contributed by atoms with E-state index >= 15 is 0 Å². The maximum absolute atomic E-state index is 5.51. The molecule has 2 rings (SSSR count). The Bertz CT molecular complexity index is 258. The second-order valence-corrected chi connectivity index (χ2v) is 3.40. The highest BCUT2D eigenvalue weighted by atomic mass is 16.7. The molecule has 1 aromatic rings. The number of hydrogen-bond donors (Lipinski definition) is 0. The Hall–Kier alpha value is -0.860. The molecule has 1 fully saturated rings. The van der Waals surface area contributed by atoms with E-state index in [0.29, 0.717) is 12.9 Å². The van der Waals surface area contributed by atoms with Gasteiger partial charge < -0.3 is 9.47 Å². The van der Waals surface area contributed by atoms with Gasteiger partial charge in [0.2, 0.25) is 0 Å². The molecule has 1 heterocycles. The fourth-order valence-electron chi connectivity index (χ4n) is 1.58. The van der Waals surface area contributed by atoms with E-state index in [0.717, 1.165) is 6.42 Å². The molecular formula is C11H14O2. The summed E-state index contributed by atoms with van der Waals surface area (Å²) in [5, 5.41) is 0. The van der Waals surface area contributed by atoms with Crippen molar-refractivity contribution >= 4 is 0 Å². The molecule has 1 aliphatic heterocycles. The van der Waals surface area contributed by atoms with Crippen LogP contribution in [0, 0.1) is 0 Å². The summed E-state index contributed by atoms with van der Waals surface area (Å²) in [6.45, 7) is 2.50. The zero-order valence-corrected chi connectivity index (χ0v) is 7.77. The molecule has 1 aromatic carbocycles.